The molecule has 0 saturated carbocycles. The van der Waals surface area contributed by atoms with Crippen molar-refractivity contribution < 1.29 is 9.67 Å². The Labute approximate surface area is 168 Å². The number of likely N-dealkylation sites (N-methyl/N-ethyl adjacent to an activating group) is 1. The van der Waals surface area contributed by atoms with E-state index in [4.69, 9.17) is 5.11 Å². The molecule has 2 aromatic carbocycles. The summed E-state index contributed by atoms with van der Waals surface area (Å²) in [4.78, 5) is 2.33. The number of aromatic nitrogens is 1. The first-order chi connectivity index (χ1) is 13.7. The average molecular weight is 374 g/mol. The monoisotopic (exact) mass is 373 g/mol. The first kappa shape index (κ1) is 19.8. The number of benzene rings is 2. The minimum Gasteiger partial charge on any atom is -0.390 e. The van der Waals surface area contributed by atoms with Crippen molar-refractivity contribution >= 4 is 17.8 Å². The molecule has 0 amide bonds. The molecule has 144 valence electrons. The van der Waals surface area contributed by atoms with Gasteiger partial charge < -0.3 is 10.0 Å². The maximum atomic E-state index is 8.97. The molecule has 0 aliphatic carbocycles. The van der Waals surface area contributed by atoms with Gasteiger partial charge in [0.2, 0.25) is 0 Å². The van der Waals surface area contributed by atoms with Gasteiger partial charge in [0.15, 0.2) is 18.9 Å². The summed E-state index contributed by atoms with van der Waals surface area (Å²) in [6.07, 6.45) is 9.25. The number of hydrogen-bond acceptors (Lipinski definition) is 2. The quantitative estimate of drug-likeness (QED) is 0.599. The highest BCUT2D eigenvalue weighted by Crippen LogP contribution is 2.19. The number of aliphatic hydroxyl groups excluding tert-OH is 1. The van der Waals surface area contributed by atoms with Crippen LogP contribution in [0.4, 0.5) is 5.69 Å². The summed E-state index contributed by atoms with van der Waals surface area (Å²) in [6.45, 7) is 3.05. The van der Waals surface area contributed by atoms with E-state index in [1.54, 1.807) is 0 Å². The molecule has 1 unspecified atom stereocenters. The third-order valence-electron chi connectivity index (χ3n) is 5.08. The van der Waals surface area contributed by atoms with Crippen molar-refractivity contribution in [3.8, 4) is 0 Å². The fourth-order valence-electron chi connectivity index (χ4n) is 3.20. The first-order valence-electron chi connectivity index (χ1n) is 9.80. The molecule has 3 rings (SSSR count). The molecule has 1 N–H and O–H groups in total. The molecule has 1 atom stereocenters. The molecule has 0 radical (unpaired) electrons. The second kappa shape index (κ2) is 9.86. The van der Waals surface area contributed by atoms with Crippen LogP contribution in [0.15, 0.2) is 79.1 Å². The Morgan fingerprint density at radius 1 is 0.893 bits per heavy atom. The van der Waals surface area contributed by atoms with Gasteiger partial charge in [0.25, 0.3) is 0 Å². The van der Waals surface area contributed by atoms with Crippen LogP contribution in [0.3, 0.4) is 0 Å². The van der Waals surface area contributed by atoms with Gasteiger partial charge in [-0.3, -0.25) is 0 Å². The second-order valence-electron chi connectivity index (χ2n) is 7.17. The Morgan fingerprint density at radius 2 is 1.50 bits per heavy atom. The predicted octanol–water partition coefficient (Wildman–Crippen LogP) is 4.20. The van der Waals surface area contributed by atoms with Gasteiger partial charge in [-0.25, -0.2) is 4.57 Å². The van der Waals surface area contributed by atoms with Crippen LogP contribution in [0.2, 0.25) is 0 Å². The molecular formula is C25H29N2O+. The molecular weight excluding hydrogens is 344 g/mol. The van der Waals surface area contributed by atoms with Crippen LogP contribution in [0.5, 0.6) is 0 Å². The predicted molar refractivity (Wildman–Crippen MR) is 117 cm³/mol. The number of rotatable bonds is 8. The standard InChI is InChI=1S/C25H29N2O/c1-21(20-24-6-4-3-5-7-24)26(2)25-12-10-22(11-13-25)8-9-23-14-16-27(17-15-23)18-19-28/h3-17,21,28H,18-20H2,1-2H3/q+1. The van der Waals surface area contributed by atoms with Crippen LogP contribution in [-0.2, 0) is 13.0 Å². The van der Waals surface area contributed by atoms with Crippen LogP contribution in [0.25, 0.3) is 12.2 Å². The highest BCUT2D eigenvalue weighted by Gasteiger charge is 2.10. The largest absolute Gasteiger partial charge is 0.390 e. The van der Waals surface area contributed by atoms with Gasteiger partial charge in [0, 0.05) is 30.9 Å². The number of aliphatic hydroxyl groups is 1. The van der Waals surface area contributed by atoms with Gasteiger partial charge in [-0.05, 0) is 42.2 Å². The summed E-state index contributed by atoms with van der Waals surface area (Å²) in [5, 5.41) is 8.97. The molecule has 0 bridgehead atoms. The average Bonchev–Trinajstić information content (AvgIpc) is 2.74. The summed E-state index contributed by atoms with van der Waals surface area (Å²) in [5.74, 6) is 0. The zero-order valence-electron chi connectivity index (χ0n) is 16.7. The van der Waals surface area contributed by atoms with Crippen LogP contribution >= 0.6 is 0 Å². The molecule has 0 spiro atoms. The van der Waals surface area contributed by atoms with Crippen molar-refractivity contribution in [3.05, 3.63) is 95.8 Å². The second-order valence-corrected chi connectivity index (χ2v) is 7.17. The summed E-state index contributed by atoms with van der Waals surface area (Å²) >= 11 is 0. The van der Waals surface area contributed by atoms with Crippen molar-refractivity contribution in [1.82, 2.24) is 0 Å². The lowest BCUT2D eigenvalue weighted by atomic mass is 10.1. The van der Waals surface area contributed by atoms with Gasteiger partial charge in [0.1, 0.15) is 6.61 Å². The minimum absolute atomic E-state index is 0.157. The fourth-order valence-corrected chi connectivity index (χ4v) is 3.20. The number of anilines is 1. The van der Waals surface area contributed by atoms with E-state index in [1.807, 2.05) is 17.0 Å². The number of nitrogens with zero attached hydrogens (tertiary/aromatic N) is 2. The van der Waals surface area contributed by atoms with E-state index < -0.39 is 0 Å². The summed E-state index contributed by atoms with van der Waals surface area (Å²) in [6, 6.07) is 23.9. The zero-order valence-corrected chi connectivity index (χ0v) is 16.7. The van der Waals surface area contributed by atoms with Crippen LogP contribution in [-0.4, -0.2) is 24.8 Å². The normalized spacial score (nSPS) is 12.2. The maximum Gasteiger partial charge on any atom is 0.171 e. The fraction of sp³-hybridized carbons (Fsp3) is 0.240. The lowest BCUT2D eigenvalue weighted by molar-refractivity contribution is -0.698. The smallest absolute Gasteiger partial charge is 0.171 e. The third kappa shape index (κ3) is 5.54. The molecule has 28 heavy (non-hydrogen) atoms. The van der Waals surface area contributed by atoms with E-state index >= 15 is 0 Å². The van der Waals surface area contributed by atoms with Gasteiger partial charge in [-0.15, -0.1) is 0 Å². The number of hydrogen-bond donors (Lipinski definition) is 1. The van der Waals surface area contributed by atoms with Gasteiger partial charge >= 0.3 is 0 Å². The first-order valence-corrected chi connectivity index (χ1v) is 9.80. The van der Waals surface area contributed by atoms with Crippen LogP contribution < -0.4 is 9.47 Å². The Bertz CT molecular complexity index is 871. The molecule has 0 aliphatic heterocycles. The highest BCUT2D eigenvalue weighted by molar-refractivity contribution is 5.70. The molecule has 3 heteroatoms. The van der Waals surface area contributed by atoms with Crippen molar-refractivity contribution in [2.45, 2.75) is 25.9 Å². The lowest BCUT2D eigenvalue weighted by Gasteiger charge is -2.27. The third-order valence-corrected chi connectivity index (χ3v) is 5.08. The SMILES string of the molecule is CC(Cc1ccccc1)N(C)c1ccc(/C=C/c2cc[n+](CCO)cc2)cc1. The summed E-state index contributed by atoms with van der Waals surface area (Å²) in [7, 11) is 2.16. The Kier molecular flexibility index (Phi) is 6.99. The van der Waals surface area contributed by atoms with E-state index in [2.05, 4.69) is 97.8 Å². The molecule has 3 nitrogen and oxygen atoms in total. The van der Waals surface area contributed by atoms with Crippen molar-refractivity contribution in [2.24, 2.45) is 0 Å². The van der Waals surface area contributed by atoms with E-state index in [9.17, 15) is 0 Å². The summed E-state index contributed by atoms with van der Waals surface area (Å²) < 4.78 is 1.97. The lowest BCUT2D eigenvalue weighted by Crippen LogP contribution is -2.34. The van der Waals surface area contributed by atoms with E-state index in [-0.39, 0.29) is 6.61 Å². The number of pyridine rings is 1. The molecule has 3 aromatic rings. The topological polar surface area (TPSA) is 27.4 Å². The van der Waals surface area contributed by atoms with Crippen molar-refractivity contribution in [3.63, 3.8) is 0 Å². The Morgan fingerprint density at radius 3 is 2.11 bits per heavy atom. The van der Waals surface area contributed by atoms with E-state index in [0.29, 0.717) is 12.6 Å². The molecule has 1 aromatic heterocycles. The van der Waals surface area contributed by atoms with E-state index in [1.165, 1.54) is 16.8 Å². The van der Waals surface area contributed by atoms with Crippen molar-refractivity contribution in [2.75, 3.05) is 18.6 Å². The molecule has 0 saturated heterocycles. The van der Waals surface area contributed by atoms with Crippen molar-refractivity contribution in [1.29, 1.82) is 0 Å². The molecule has 1 heterocycles. The van der Waals surface area contributed by atoms with Gasteiger partial charge in [0.05, 0.1) is 0 Å². The summed E-state index contributed by atoms with van der Waals surface area (Å²) in [5.41, 5.74) is 4.92. The minimum atomic E-state index is 0.157. The van der Waals surface area contributed by atoms with Crippen LogP contribution in [0, 0.1) is 0 Å². The molecule has 0 aliphatic rings. The zero-order chi connectivity index (χ0) is 19.8. The molecule has 0 fully saturated rings. The van der Waals surface area contributed by atoms with Crippen LogP contribution in [0.1, 0.15) is 23.6 Å². The highest BCUT2D eigenvalue weighted by atomic mass is 16.3. The van der Waals surface area contributed by atoms with Gasteiger partial charge in [-0.2, -0.15) is 0 Å². The Hall–Kier alpha value is -2.91. The van der Waals surface area contributed by atoms with Gasteiger partial charge in [-0.1, -0.05) is 54.6 Å². The maximum absolute atomic E-state index is 8.97. The van der Waals surface area contributed by atoms with E-state index in [0.717, 1.165) is 12.0 Å². The Balaban J connectivity index is 1.60.